The zero-order valence-corrected chi connectivity index (χ0v) is 8.51. The van der Waals surface area contributed by atoms with Crippen molar-refractivity contribution in [3.8, 4) is 5.75 Å². The van der Waals surface area contributed by atoms with Crippen molar-refractivity contribution in [2.75, 3.05) is 0 Å². The minimum Gasteiger partial charge on any atom is -0.497 e. The number of benzene rings is 1. The Hall–Kier alpha value is -3.11. The van der Waals surface area contributed by atoms with E-state index < -0.39 is 37.6 Å². The third kappa shape index (κ3) is 2.94. The second-order valence-electron chi connectivity index (χ2n) is 2.60. The molecule has 96 valence electrons. The Morgan fingerprint density at radius 3 is 1.44 bits per heavy atom. The lowest BCUT2D eigenvalue weighted by molar-refractivity contribution is -0.404. The number of hydrogen-bond donors (Lipinski definition) is 1. The van der Waals surface area contributed by atoms with Crippen LogP contribution in [0.25, 0.3) is 0 Å². The third-order valence-electron chi connectivity index (χ3n) is 1.66. The summed E-state index contributed by atoms with van der Waals surface area (Å²) in [6, 6.07) is 0.894. The van der Waals surface area contributed by atoms with Gasteiger partial charge in [-0.25, -0.2) is 0 Å². The lowest BCUT2D eigenvalue weighted by Gasteiger charge is -1.97. The number of phenols is 1. The molecule has 0 bridgehead atoms. The van der Waals surface area contributed by atoms with Gasteiger partial charge in [0.1, 0.15) is 6.79 Å². The number of nitrogens with zero attached hydrogens (tertiary/aromatic N) is 3. The molecule has 0 atom stereocenters. The molecule has 0 aliphatic rings. The lowest BCUT2D eigenvalue weighted by Crippen LogP contribution is -1.97. The van der Waals surface area contributed by atoms with Crippen molar-refractivity contribution >= 4 is 23.9 Å². The summed E-state index contributed by atoms with van der Waals surface area (Å²) in [6.45, 7) is 2.00. The average molecular weight is 259 g/mol. The van der Waals surface area contributed by atoms with E-state index in [1.807, 2.05) is 6.79 Å². The summed E-state index contributed by atoms with van der Waals surface area (Å²) in [6.07, 6.45) is 0. The SMILES string of the molecule is C=O.O=[N+]([O-])c1cc([N+](=O)[O-])c(O)c([N+](=O)[O-])c1. The predicted molar refractivity (Wildman–Crippen MR) is 55.2 cm³/mol. The maximum absolute atomic E-state index is 10.4. The van der Waals surface area contributed by atoms with E-state index in [0.29, 0.717) is 12.1 Å². The van der Waals surface area contributed by atoms with E-state index in [-0.39, 0.29) is 0 Å². The Morgan fingerprint density at radius 2 is 1.22 bits per heavy atom. The van der Waals surface area contributed by atoms with Crippen LogP contribution in [0.15, 0.2) is 12.1 Å². The summed E-state index contributed by atoms with van der Waals surface area (Å²) in [4.78, 5) is 35.8. The van der Waals surface area contributed by atoms with Crippen LogP contribution in [0, 0.1) is 30.3 Å². The first kappa shape index (κ1) is 14.9. The number of nitro groups is 3. The third-order valence-corrected chi connectivity index (χ3v) is 1.66. The molecular formula is C7H5N3O8. The maximum Gasteiger partial charge on any atom is 0.324 e. The van der Waals surface area contributed by atoms with E-state index in [1.165, 1.54) is 0 Å². The van der Waals surface area contributed by atoms with Crippen LogP contribution in [0.4, 0.5) is 17.1 Å². The average Bonchev–Trinajstić information content (AvgIpc) is 2.30. The normalized spacial score (nSPS) is 8.89. The first-order valence-corrected chi connectivity index (χ1v) is 3.93. The molecule has 0 radical (unpaired) electrons. The Bertz CT molecular complexity index is 478. The molecule has 0 heterocycles. The molecule has 0 spiro atoms. The smallest absolute Gasteiger partial charge is 0.324 e. The summed E-state index contributed by atoms with van der Waals surface area (Å²) in [7, 11) is 0. The van der Waals surface area contributed by atoms with Gasteiger partial charge in [-0.3, -0.25) is 30.3 Å². The molecule has 0 unspecified atom stereocenters. The molecule has 0 aliphatic carbocycles. The number of nitro benzene ring substituents is 3. The van der Waals surface area contributed by atoms with Crippen molar-refractivity contribution in [3.05, 3.63) is 42.5 Å². The van der Waals surface area contributed by atoms with E-state index in [2.05, 4.69) is 0 Å². The molecule has 0 amide bonds. The summed E-state index contributed by atoms with van der Waals surface area (Å²) in [5.41, 5.74) is -3.00. The monoisotopic (exact) mass is 259 g/mol. The van der Waals surface area contributed by atoms with Crippen molar-refractivity contribution in [3.63, 3.8) is 0 Å². The van der Waals surface area contributed by atoms with E-state index in [1.54, 1.807) is 0 Å². The zero-order valence-electron chi connectivity index (χ0n) is 8.51. The first-order valence-electron chi connectivity index (χ1n) is 3.93. The van der Waals surface area contributed by atoms with Gasteiger partial charge in [-0.2, -0.15) is 0 Å². The quantitative estimate of drug-likeness (QED) is 0.617. The number of phenolic OH excluding ortho intramolecular Hbond substituents is 1. The van der Waals surface area contributed by atoms with E-state index in [9.17, 15) is 30.3 Å². The van der Waals surface area contributed by atoms with Gasteiger partial charge in [0, 0.05) is 0 Å². The molecule has 18 heavy (non-hydrogen) atoms. The molecule has 0 saturated carbocycles. The molecule has 1 N–H and O–H groups in total. The minimum absolute atomic E-state index is 0.447. The van der Waals surface area contributed by atoms with Crippen molar-refractivity contribution in [1.82, 2.24) is 0 Å². The highest BCUT2D eigenvalue weighted by molar-refractivity contribution is 5.64. The lowest BCUT2D eigenvalue weighted by atomic mass is 10.2. The van der Waals surface area contributed by atoms with Crippen LogP contribution in [0.1, 0.15) is 0 Å². The summed E-state index contributed by atoms with van der Waals surface area (Å²) >= 11 is 0. The highest BCUT2D eigenvalue weighted by atomic mass is 16.6. The maximum atomic E-state index is 10.4. The van der Waals surface area contributed by atoms with Crippen LogP contribution >= 0.6 is 0 Å². The van der Waals surface area contributed by atoms with Gasteiger partial charge >= 0.3 is 11.4 Å². The fraction of sp³-hybridized carbons (Fsp3) is 0. The van der Waals surface area contributed by atoms with Crippen molar-refractivity contribution < 1.29 is 24.7 Å². The fourth-order valence-electron chi connectivity index (χ4n) is 0.974. The highest BCUT2D eigenvalue weighted by Gasteiger charge is 2.29. The van der Waals surface area contributed by atoms with Gasteiger partial charge in [-0.15, -0.1) is 0 Å². The number of non-ortho nitro benzene ring substituents is 1. The molecule has 0 fully saturated rings. The van der Waals surface area contributed by atoms with Gasteiger partial charge in [-0.1, -0.05) is 0 Å². The number of carbonyl (C=O) groups excluding carboxylic acids is 1. The predicted octanol–water partition coefficient (Wildman–Crippen LogP) is 0.932. The zero-order chi connectivity index (χ0) is 14.5. The van der Waals surface area contributed by atoms with Crippen molar-refractivity contribution in [2.45, 2.75) is 0 Å². The summed E-state index contributed by atoms with van der Waals surface area (Å²) in [5, 5.41) is 40.2. The molecule has 1 aromatic carbocycles. The Labute approximate surface area is 97.7 Å². The van der Waals surface area contributed by atoms with Crippen LogP contribution in [0.2, 0.25) is 0 Å². The fourth-order valence-corrected chi connectivity index (χ4v) is 0.974. The molecule has 11 heteroatoms. The summed E-state index contributed by atoms with van der Waals surface area (Å²) < 4.78 is 0. The van der Waals surface area contributed by atoms with Gasteiger partial charge in [0.15, 0.2) is 0 Å². The number of aromatic hydroxyl groups is 1. The second kappa shape index (κ2) is 5.83. The standard InChI is InChI=1S/C6H3N3O7.CH2O/c10-6-4(8(13)14)1-3(7(11)12)2-5(6)9(15)16;1-2/h1-2,10H;1H2. The molecule has 11 nitrogen and oxygen atoms in total. The van der Waals surface area contributed by atoms with Gasteiger partial charge in [0.05, 0.1) is 26.9 Å². The van der Waals surface area contributed by atoms with Crippen LogP contribution in [0.5, 0.6) is 5.75 Å². The molecule has 1 aromatic rings. The molecule has 1 rings (SSSR count). The topological polar surface area (TPSA) is 167 Å². The summed E-state index contributed by atoms with van der Waals surface area (Å²) in [5.74, 6) is -1.21. The molecule has 0 aromatic heterocycles. The van der Waals surface area contributed by atoms with E-state index in [4.69, 9.17) is 9.90 Å². The van der Waals surface area contributed by atoms with Crippen LogP contribution in [0.3, 0.4) is 0 Å². The highest BCUT2D eigenvalue weighted by Crippen LogP contribution is 2.38. The second-order valence-corrected chi connectivity index (χ2v) is 2.60. The Kier molecular flexibility index (Phi) is 4.83. The van der Waals surface area contributed by atoms with Crippen LogP contribution in [-0.4, -0.2) is 26.7 Å². The Morgan fingerprint density at radius 1 is 0.889 bits per heavy atom. The van der Waals surface area contributed by atoms with E-state index >= 15 is 0 Å². The van der Waals surface area contributed by atoms with Gasteiger partial charge < -0.3 is 9.90 Å². The minimum atomic E-state index is -1.21. The van der Waals surface area contributed by atoms with E-state index in [0.717, 1.165) is 0 Å². The van der Waals surface area contributed by atoms with Gasteiger partial charge in [0.2, 0.25) is 0 Å². The largest absolute Gasteiger partial charge is 0.497 e. The molecular weight excluding hydrogens is 254 g/mol. The van der Waals surface area contributed by atoms with Crippen molar-refractivity contribution in [1.29, 1.82) is 0 Å². The van der Waals surface area contributed by atoms with Crippen LogP contribution < -0.4 is 0 Å². The van der Waals surface area contributed by atoms with Gasteiger partial charge in [-0.05, 0) is 0 Å². The van der Waals surface area contributed by atoms with Gasteiger partial charge in [0.25, 0.3) is 11.4 Å². The Balaban J connectivity index is 0.00000137. The van der Waals surface area contributed by atoms with Crippen molar-refractivity contribution in [2.24, 2.45) is 0 Å². The number of hydrogen-bond acceptors (Lipinski definition) is 8. The molecule has 0 aliphatic heterocycles. The molecule has 0 saturated heterocycles. The van der Waals surface area contributed by atoms with Crippen LogP contribution in [-0.2, 0) is 4.79 Å². The number of carbonyl (C=O) groups is 1. The first-order chi connectivity index (χ1) is 8.34. The number of rotatable bonds is 3.